The third-order valence-electron chi connectivity index (χ3n) is 3.50. The van der Waals surface area contributed by atoms with Crippen molar-refractivity contribution in [3.05, 3.63) is 0 Å². The summed E-state index contributed by atoms with van der Waals surface area (Å²) >= 11 is 0. The number of ether oxygens (including phenoxy) is 1. The second-order valence-corrected chi connectivity index (χ2v) is 5.39. The van der Waals surface area contributed by atoms with Gasteiger partial charge in [-0.1, -0.05) is 13.3 Å². The number of carbonyl (C=O) groups excluding carboxylic acids is 1. The van der Waals surface area contributed by atoms with E-state index in [0.717, 1.165) is 38.8 Å². The number of hydrogen-bond acceptors (Lipinski definition) is 4. The molecule has 1 aliphatic heterocycles. The fourth-order valence-electron chi connectivity index (χ4n) is 2.50. The van der Waals surface area contributed by atoms with Crippen LogP contribution in [0.3, 0.4) is 0 Å². The minimum Gasteiger partial charge on any atom is -0.377 e. The first-order valence-corrected chi connectivity index (χ1v) is 7.49. The van der Waals surface area contributed by atoms with E-state index in [1.54, 1.807) is 0 Å². The Kier molecular flexibility index (Phi) is 8.02. The monoisotopic (exact) mass is 271 g/mol. The predicted octanol–water partition coefficient (Wildman–Crippen LogP) is 0.731. The highest BCUT2D eigenvalue weighted by molar-refractivity contribution is 5.78. The van der Waals surface area contributed by atoms with E-state index in [1.807, 2.05) is 0 Å². The van der Waals surface area contributed by atoms with Gasteiger partial charge in [0, 0.05) is 25.7 Å². The first-order chi connectivity index (χ1) is 9.15. The molecule has 5 nitrogen and oxygen atoms in total. The van der Waals surface area contributed by atoms with E-state index in [1.165, 1.54) is 0 Å². The van der Waals surface area contributed by atoms with Crippen LogP contribution in [0.25, 0.3) is 0 Å². The normalized spacial score (nSPS) is 19.3. The molecule has 0 saturated carbocycles. The molecular formula is C14H29N3O2. The summed E-state index contributed by atoms with van der Waals surface area (Å²) in [7, 11) is 0. The summed E-state index contributed by atoms with van der Waals surface area (Å²) in [4.78, 5) is 14.1. The first kappa shape index (κ1) is 16.4. The third-order valence-corrected chi connectivity index (χ3v) is 3.50. The van der Waals surface area contributed by atoms with Crippen LogP contribution < -0.4 is 11.1 Å². The zero-order valence-corrected chi connectivity index (χ0v) is 12.4. The quantitative estimate of drug-likeness (QED) is 0.683. The number of nitrogens with one attached hydrogen (secondary N) is 1. The van der Waals surface area contributed by atoms with Gasteiger partial charge < -0.3 is 15.8 Å². The fraction of sp³-hybridized carbons (Fsp3) is 0.929. The lowest BCUT2D eigenvalue weighted by Crippen LogP contribution is -2.45. The highest BCUT2D eigenvalue weighted by atomic mass is 16.5. The van der Waals surface area contributed by atoms with Gasteiger partial charge in [0.05, 0.1) is 19.3 Å². The van der Waals surface area contributed by atoms with Gasteiger partial charge in [-0.15, -0.1) is 0 Å². The van der Waals surface area contributed by atoms with Crippen molar-refractivity contribution in [2.45, 2.75) is 51.7 Å². The van der Waals surface area contributed by atoms with Crippen LogP contribution in [0.15, 0.2) is 0 Å². The molecule has 1 unspecified atom stereocenters. The lowest BCUT2D eigenvalue weighted by molar-refractivity contribution is -0.123. The molecule has 0 aliphatic carbocycles. The molecule has 1 rings (SSSR count). The van der Waals surface area contributed by atoms with Crippen LogP contribution in [-0.2, 0) is 9.53 Å². The summed E-state index contributed by atoms with van der Waals surface area (Å²) in [6.45, 7) is 7.80. The third kappa shape index (κ3) is 6.89. The summed E-state index contributed by atoms with van der Waals surface area (Å²) in [5.74, 6) is 0.141. The number of nitrogens with zero attached hydrogens (tertiary/aromatic N) is 1. The zero-order chi connectivity index (χ0) is 14.1. The fourth-order valence-corrected chi connectivity index (χ4v) is 2.50. The van der Waals surface area contributed by atoms with Crippen molar-refractivity contribution in [1.82, 2.24) is 10.2 Å². The molecule has 0 aromatic heterocycles. The minimum atomic E-state index is 0.141. The Labute approximate surface area is 116 Å². The average molecular weight is 271 g/mol. The Bertz CT molecular complexity index is 253. The van der Waals surface area contributed by atoms with Gasteiger partial charge >= 0.3 is 0 Å². The van der Waals surface area contributed by atoms with E-state index >= 15 is 0 Å². The molecule has 0 aromatic carbocycles. The molecule has 1 heterocycles. The molecule has 19 heavy (non-hydrogen) atoms. The Balaban J connectivity index is 2.16. The van der Waals surface area contributed by atoms with E-state index in [9.17, 15) is 4.79 Å². The molecule has 1 fully saturated rings. The molecule has 5 heteroatoms. The van der Waals surface area contributed by atoms with Crippen molar-refractivity contribution < 1.29 is 9.53 Å². The number of rotatable bonds is 8. The maximum absolute atomic E-state index is 11.8. The van der Waals surface area contributed by atoms with Crippen molar-refractivity contribution in [3.63, 3.8) is 0 Å². The molecule has 3 N–H and O–H groups in total. The van der Waals surface area contributed by atoms with Gasteiger partial charge in [0.25, 0.3) is 0 Å². The molecule has 0 bridgehead atoms. The lowest BCUT2D eigenvalue weighted by atomic mass is 10.1. The highest BCUT2D eigenvalue weighted by Crippen LogP contribution is 2.13. The van der Waals surface area contributed by atoms with Crippen molar-refractivity contribution >= 4 is 5.91 Å². The second-order valence-electron chi connectivity index (χ2n) is 5.39. The van der Waals surface area contributed by atoms with Crippen LogP contribution in [0.5, 0.6) is 0 Å². The number of likely N-dealkylation sites (tertiary alicyclic amines) is 1. The van der Waals surface area contributed by atoms with E-state index in [4.69, 9.17) is 10.5 Å². The van der Waals surface area contributed by atoms with Crippen LogP contribution in [0.2, 0.25) is 0 Å². The van der Waals surface area contributed by atoms with Crippen molar-refractivity contribution in [2.75, 3.05) is 32.8 Å². The van der Waals surface area contributed by atoms with Crippen LogP contribution in [-0.4, -0.2) is 55.7 Å². The van der Waals surface area contributed by atoms with Gasteiger partial charge in [0.2, 0.25) is 5.91 Å². The molecule has 0 radical (unpaired) electrons. The number of nitrogens with two attached hydrogens (primary N) is 1. The molecule has 0 spiro atoms. The topological polar surface area (TPSA) is 67.6 Å². The maximum atomic E-state index is 11.8. The molecule has 112 valence electrons. The Morgan fingerprint density at radius 2 is 2.16 bits per heavy atom. The Morgan fingerprint density at radius 3 is 2.74 bits per heavy atom. The van der Waals surface area contributed by atoms with Crippen molar-refractivity contribution in [1.29, 1.82) is 0 Å². The average Bonchev–Trinajstić information content (AvgIpc) is 2.38. The summed E-state index contributed by atoms with van der Waals surface area (Å²) in [6, 6.07) is 0.280. The van der Waals surface area contributed by atoms with Gasteiger partial charge in [-0.05, 0) is 26.2 Å². The van der Waals surface area contributed by atoms with Crippen LogP contribution >= 0.6 is 0 Å². The van der Waals surface area contributed by atoms with Crippen LogP contribution in [0.4, 0.5) is 0 Å². The van der Waals surface area contributed by atoms with Gasteiger partial charge in [-0.3, -0.25) is 9.69 Å². The van der Waals surface area contributed by atoms with E-state index in [2.05, 4.69) is 24.1 Å². The van der Waals surface area contributed by atoms with Gasteiger partial charge in [-0.25, -0.2) is 0 Å². The van der Waals surface area contributed by atoms with E-state index in [-0.39, 0.29) is 11.9 Å². The van der Waals surface area contributed by atoms with Crippen molar-refractivity contribution in [3.8, 4) is 0 Å². The minimum absolute atomic E-state index is 0.141. The number of carbonyl (C=O) groups is 1. The Morgan fingerprint density at radius 1 is 1.47 bits per heavy atom. The number of hydrogen-bond donors (Lipinski definition) is 2. The molecule has 1 saturated heterocycles. The van der Waals surface area contributed by atoms with Crippen molar-refractivity contribution in [2.24, 2.45) is 5.73 Å². The summed E-state index contributed by atoms with van der Waals surface area (Å²) in [5.41, 5.74) is 5.42. The van der Waals surface area contributed by atoms with E-state index in [0.29, 0.717) is 25.8 Å². The molecule has 1 aliphatic rings. The van der Waals surface area contributed by atoms with Gasteiger partial charge in [0.15, 0.2) is 0 Å². The van der Waals surface area contributed by atoms with E-state index < -0.39 is 0 Å². The molecule has 0 aromatic rings. The van der Waals surface area contributed by atoms with Gasteiger partial charge in [-0.2, -0.15) is 0 Å². The number of amides is 1. The summed E-state index contributed by atoms with van der Waals surface area (Å²) in [6.07, 6.45) is 4.46. The largest absolute Gasteiger partial charge is 0.377 e. The predicted molar refractivity (Wildman–Crippen MR) is 77.0 cm³/mol. The molecule has 1 amide bonds. The summed E-state index contributed by atoms with van der Waals surface area (Å²) in [5, 5.41) is 3.05. The molecular weight excluding hydrogens is 242 g/mol. The smallest absolute Gasteiger partial charge is 0.234 e. The Hall–Kier alpha value is -0.650. The number of piperidine rings is 1. The lowest BCUT2D eigenvalue weighted by Gasteiger charge is -2.31. The molecule has 1 atom stereocenters. The second kappa shape index (κ2) is 9.28. The maximum Gasteiger partial charge on any atom is 0.234 e. The zero-order valence-electron chi connectivity index (χ0n) is 12.4. The highest BCUT2D eigenvalue weighted by Gasteiger charge is 2.21. The summed E-state index contributed by atoms with van der Waals surface area (Å²) < 4.78 is 5.63. The first-order valence-electron chi connectivity index (χ1n) is 7.49. The standard InChI is InChI=1S/C14H29N3O2/c1-3-4-12(2)16-14(18)11-17-8-5-13(6-9-17)19-10-7-15/h12-13H,3-11,15H2,1-2H3,(H,16,18). The van der Waals surface area contributed by atoms with Crippen LogP contribution in [0, 0.1) is 0 Å². The SMILES string of the molecule is CCCC(C)NC(=O)CN1CCC(OCCN)CC1. The van der Waals surface area contributed by atoms with Gasteiger partial charge in [0.1, 0.15) is 0 Å². The van der Waals surface area contributed by atoms with Crippen LogP contribution in [0.1, 0.15) is 39.5 Å².